The molecule has 0 atom stereocenters. The Morgan fingerprint density at radius 1 is 1.05 bits per heavy atom. The molecule has 3 rings (SSSR count). The molecule has 2 fully saturated rings. The lowest BCUT2D eigenvalue weighted by atomic mass is 10.1. The zero-order chi connectivity index (χ0) is 14.5. The third kappa shape index (κ3) is 4.21. The zero-order valence-electron chi connectivity index (χ0n) is 12.4. The van der Waals surface area contributed by atoms with Crippen LogP contribution in [0.25, 0.3) is 0 Å². The Kier molecular flexibility index (Phi) is 4.76. The van der Waals surface area contributed by atoms with Gasteiger partial charge in [-0.25, -0.2) is 0 Å². The summed E-state index contributed by atoms with van der Waals surface area (Å²) >= 11 is 0. The topological polar surface area (TPSA) is 38.8 Å². The van der Waals surface area contributed by atoms with E-state index in [0.717, 1.165) is 44.5 Å². The van der Waals surface area contributed by atoms with Crippen molar-refractivity contribution in [1.29, 1.82) is 0 Å². The van der Waals surface area contributed by atoms with E-state index in [4.69, 9.17) is 9.47 Å². The van der Waals surface area contributed by atoms with Gasteiger partial charge in [-0.15, -0.1) is 0 Å². The number of rotatable bonds is 6. The van der Waals surface area contributed by atoms with Crippen LogP contribution in [-0.4, -0.2) is 43.2 Å². The van der Waals surface area contributed by atoms with Crippen LogP contribution in [0.1, 0.15) is 25.7 Å². The maximum Gasteiger partial charge on any atom is 0.225 e. The van der Waals surface area contributed by atoms with Gasteiger partial charge in [0.05, 0.1) is 12.7 Å². The van der Waals surface area contributed by atoms with Gasteiger partial charge in [0.2, 0.25) is 5.91 Å². The lowest BCUT2D eigenvalue weighted by molar-refractivity contribution is -0.135. The third-order valence-electron chi connectivity index (χ3n) is 4.13. The lowest BCUT2D eigenvalue weighted by Gasteiger charge is -2.32. The summed E-state index contributed by atoms with van der Waals surface area (Å²) in [4.78, 5) is 14.0. The van der Waals surface area contributed by atoms with Gasteiger partial charge in [-0.1, -0.05) is 18.2 Å². The highest BCUT2D eigenvalue weighted by molar-refractivity contribution is 5.81. The van der Waals surface area contributed by atoms with Crippen molar-refractivity contribution in [1.82, 2.24) is 4.90 Å². The predicted octanol–water partition coefficient (Wildman–Crippen LogP) is 2.48. The van der Waals surface area contributed by atoms with Gasteiger partial charge in [0, 0.05) is 19.0 Å². The second-order valence-corrected chi connectivity index (χ2v) is 5.83. The number of hydrogen-bond donors (Lipinski definition) is 0. The summed E-state index contributed by atoms with van der Waals surface area (Å²) in [5.74, 6) is 1.58. The first kappa shape index (κ1) is 14.4. The summed E-state index contributed by atoms with van der Waals surface area (Å²) in [6.07, 6.45) is 4.35. The molecule has 0 spiro atoms. The summed E-state index contributed by atoms with van der Waals surface area (Å²) in [7, 11) is 0. The normalized spacial score (nSPS) is 19.5. The number of para-hydroxylation sites is 1. The summed E-state index contributed by atoms with van der Waals surface area (Å²) in [6, 6.07) is 9.79. The minimum Gasteiger partial charge on any atom is -0.491 e. The van der Waals surface area contributed by atoms with Gasteiger partial charge in [0.25, 0.3) is 0 Å². The SMILES string of the molecule is O=C(C1CC1)N1CCC(OCCOc2ccccc2)CC1. The molecular formula is C17H23NO3. The first-order chi connectivity index (χ1) is 10.3. The number of hydrogen-bond acceptors (Lipinski definition) is 3. The molecule has 0 N–H and O–H groups in total. The maximum absolute atomic E-state index is 11.9. The molecule has 1 aliphatic heterocycles. The van der Waals surface area contributed by atoms with Gasteiger partial charge in [-0.05, 0) is 37.8 Å². The highest BCUT2D eigenvalue weighted by atomic mass is 16.5. The molecule has 2 aliphatic rings. The van der Waals surface area contributed by atoms with Crippen LogP contribution in [0.3, 0.4) is 0 Å². The van der Waals surface area contributed by atoms with Crippen LogP contribution in [-0.2, 0) is 9.53 Å². The van der Waals surface area contributed by atoms with Crippen LogP contribution in [0.5, 0.6) is 5.75 Å². The average molecular weight is 289 g/mol. The Morgan fingerprint density at radius 2 is 1.76 bits per heavy atom. The Balaban J connectivity index is 1.30. The third-order valence-corrected chi connectivity index (χ3v) is 4.13. The van der Waals surface area contributed by atoms with Gasteiger partial charge < -0.3 is 14.4 Å². The molecule has 1 aliphatic carbocycles. The molecule has 4 heteroatoms. The number of carbonyl (C=O) groups excluding carboxylic acids is 1. The summed E-state index contributed by atoms with van der Waals surface area (Å²) < 4.78 is 11.5. The van der Waals surface area contributed by atoms with Crippen LogP contribution in [0, 0.1) is 5.92 Å². The van der Waals surface area contributed by atoms with Crippen molar-refractivity contribution in [2.75, 3.05) is 26.3 Å². The van der Waals surface area contributed by atoms with Crippen molar-refractivity contribution >= 4 is 5.91 Å². The van der Waals surface area contributed by atoms with Crippen molar-refractivity contribution < 1.29 is 14.3 Å². The minimum absolute atomic E-state index is 0.271. The fraction of sp³-hybridized carbons (Fsp3) is 0.588. The highest BCUT2D eigenvalue weighted by Crippen LogP contribution is 2.32. The molecule has 1 amide bonds. The van der Waals surface area contributed by atoms with Crippen molar-refractivity contribution in [3.05, 3.63) is 30.3 Å². The zero-order valence-corrected chi connectivity index (χ0v) is 12.4. The van der Waals surface area contributed by atoms with Crippen LogP contribution in [0.4, 0.5) is 0 Å². The van der Waals surface area contributed by atoms with Gasteiger partial charge in [0.1, 0.15) is 12.4 Å². The summed E-state index contributed by atoms with van der Waals surface area (Å²) in [5.41, 5.74) is 0. The van der Waals surface area contributed by atoms with Gasteiger partial charge in [-0.3, -0.25) is 4.79 Å². The van der Waals surface area contributed by atoms with Crippen LogP contribution in [0.15, 0.2) is 30.3 Å². The molecule has 4 nitrogen and oxygen atoms in total. The lowest BCUT2D eigenvalue weighted by Crippen LogP contribution is -2.41. The first-order valence-corrected chi connectivity index (χ1v) is 7.91. The molecule has 1 saturated carbocycles. The van der Waals surface area contributed by atoms with Gasteiger partial charge in [-0.2, -0.15) is 0 Å². The first-order valence-electron chi connectivity index (χ1n) is 7.91. The predicted molar refractivity (Wildman–Crippen MR) is 80.2 cm³/mol. The molecule has 21 heavy (non-hydrogen) atoms. The van der Waals surface area contributed by atoms with E-state index in [1.807, 2.05) is 35.2 Å². The minimum atomic E-state index is 0.271. The molecule has 0 bridgehead atoms. The number of piperidine rings is 1. The molecular weight excluding hydrogens is 266 g/mol. The average Bonchev–Trinajstić information content (AvgIpc) is 3.37. The fourth-order valence-corrected chi connectivity index (χ4v) is 2.72. The highest BCUT2D eigenvalue weighted by Gasteiger charge is 2.34. The molecule has 0 unspecified atom stereocenters. The van der Waals surface area contributed by atoms with Crippen molar-refractivity contribution in [2.45, 2.75) is 31.8 Å². The van der Waals surface area contributed by atoms with E-state index in [1.165, 1.54) is 0 Å². The van der Waals surface area contributed by atoms with Crippen LogP contribution < -0.4 is 4.74 Å². The molecule has 1 heterocycles. The second kappa shape index (κ2) is 6.94. The molecule has 1 aromatic rings. The van der Waals surface area contributed by atoms with Crippen molar-refractivity contribution in [3.63, 3.8) is 0 Å². The van der Waals surface area contributed by atoms with Crippen molar-refractivity contribution in [2.24, 2.45) is 5.92 Å². The van der Waals surface area contributed by atoms with E-state index in [0.29, 0.717) is 25.0 Å². The number of carbonyl (C=O) groups is 1. The monoisotopic (exact) mass is 289 g/mol. The van der Waals surface area contributed by atoms with Crippen LogP contribution in [0.2, 0.25) is 0 Å². The number of ether oxygens (including phenoxy) is 2. The number of amides is 1. The smallest absolute Gasteiger partial charge is 0.225 e. The Bertz CT molecular complexity index is 450. The maximum atomic E-state index is 11.9. The van der Waals surface area contributed by atoms with E-state index >= 15 is 0 Å². The molecule has 1 saturated heterocycles. The van der Waals surface area contributed by atoms with Gasteiger partial charge >= 0.3 is 0 Å². The van der Waals surface area contributed by atoms with Gasteiger partial charge in [0.15, 0.2) is 0 Å². The second-order valence-electron chi connectivity index (χ2n) is 5.83. The Hall–Kier alpha value is -1.55. The molecule has 0 aromatic heterocycles. The van der Waals surface area contributed by atoms with Crippen LogP contribution >= 0.6 is 0 Å². The standard InChI is InChI=1S/C17H23NO3/c19-17(14-6-7-14)18-10-8-16(9-11-18)21-13-12-20-15-4-2-1-3-5-15/h1-5,14,16H,6-13H2. The number of likely N-dealkylation sites (tertiary alicyclic amines) is 1. The Labute approximate surface area is 126 Å². The molecule has 0 radical (unpaired) electrons. The van der Waals surface area contributed by atoms with E-state index in [-0.39, 0.29) is 6.10 Å². The number of nitrogens with zero attached hydrogens (tertiary/aromatic N) is 1. The van der Waals surface area contributed by atoms with E-state index in [2.05, 4.69) is 0 Å². The Morgan fingerprint density at radius 3 is 2.43 bits per heavy atom. The molecule has 114 valence electrons. The summed E-state index contributed by atoms with van der Waals surface area (Å²) in [5, 5.41) is 0. The van der Waals surface area contributed by atoms with Crippen molar-refractivity contribution in [3.8, 4) is 5.75 Å². The van der Waals surface area contributed by atoms with E-state index in [9.17, 15) is 4.79 Å². The quantitative estimate of drug-likeness (QED) is 0.755. The number of benzene rings is 1. The fourth-order valence-electron chi connectivity index (χ4n) is 2.72. The molecule has 1 aromatic carbocycles. The van der Waals surface area contributed by atoms with E-state index < -0.39 is 0 Å². The summed E-state index contributed by atoms with van der Waals surface area (Å²) in [6.45, 7) is 2.88. The largest absolute Gasteiger partial charge is 0.491 e. The van der Waals surface area contributed by atoms with E-state index in [1.54, 1.807) is 0 Å².